The molecule has 0 atom stereocenters. The van der Waals surface area contributed by atoms with Crippen molar-refractivity contribution in [1.29, 1.82) is 0 Å². The summed E-state index contributed by atoms with van der Waals surface area (Å²) in [6.07, 6.45) is 6.56. The van der Waals surface area contributed by atoms with Crippen LogP contribution in [-0.2, 0) is 11.3 Å². The molecule has 2 rings (SSSR count). The summed E-state index contributed by atoms with van der Waals surface area (Å²) in [6, 6.07) is 0.673. The van der Waals surface area contributed by atoms with Crippen LogP contribution in [0.3, 0.4) is 0 Å². The van der Waals surface area contributed by atoms with Crippen LogP contribution in [0.4, 0.5) is 0 Å². The Balaban J connectivity index is 1.55. The van der Waals surface area contributed by atoms with Gasteiger partial charge in [0.2, 0.25) is 5.91 Å². The van der Waals surface area contributed by atoms with Gasteiger partial charge >= 0.3 is 0 Å². The number of amides is 1. The molecule has 1 aliphatic carbocycles. The second kappa shape index (κ2) is 4.93. The Kier molecular flexibility index (Phi) is 3.34. The Morgan fingerprint density at radius 3 is 3.13 bits per heavy atom. The summed E-state index contributed by atoms with van der Waals surface area (Å²) < 4.78 is 0. The lowest BCUT2D eigenvalue weighted by Gasteiger charge is -2.04. The molecule has 15 heavy (non-hydrogen) atoms. The van der Waals surface area contributed by atoms with E-state index in [-0.39, 0.29) is 5.91 Å². The first-order valence-corrected chi connectivity index (χ1v) is 5.32. The molecule has 82 valence electrons. The van der Waals surface area contributed by atoms with Gasteiger partial charge in [-0.05, 0) is 12.8 Å². The summed E-state index contributed by atoms with van der Waals surface area (Å²) in [5.74, 6) is 0.0874. The number of nitrogens with zero attached hydrogens (tertiary/aromatic N) is 1. The van der Waals surface area contributed by atoms with Gasteiger partial charge in [0.15, 0.2) is 0 Å². The molecule has 3 N–H and O–H groups in total. The minimum absolute atomic E-state index is 0.0874. The summed E-state index contributed by atoms with van der Waals surface area (Å²) in [4.78, 5) is 11.4. The van der Waals surface area contributed by atoms with Gasteiger partial charge in [-0.2, -0.15) is 5.10 Å². The molecular weight excluding hydrogens is 192 g/mol. The first kappa shape index (κ1) is 10.2. The van der Waals surface area contributed by atoms with Crippen molar-refractivity contribution >= 4 is 5.91 Å². The molecule has 1 heterocycles. The SMILES string of the molecule is O=C(CCNC1CC1)NCc1cn[nH]c1. The summed E-state index contributed by atoms with van der Waals surface area (Å²) in [7, 11) is 0. The lowest BCUT2D eigenvalue weighted by Crippen LogP contribution is -2.28. The van der Waals surface area contributed by atoms with Crippen molar-refractivity contribution < 1.29 is 4.79 Å². The first-order valence-electron chi connectivity index (χ1n) is 5.32. The highest BCUT2D eigenvalue weighted by Crippen LogP contribution is 2.18. The maximum atomic E-state index is 11.4. The van der Waals surface area contributed by atoms with Gasteiger partial charge in [-0.25, -0.2) is 0 Å². The van der Waals surface area contributed by atoms with Crippen molar-refractivity contribution in [3.05, 3.63) is 18.0 Å². The van der Waals surface area contributed by atoms with Crippen molar-refractivity contribution in [2.45, 2.75) is 31.8 Å². The molecule has 0 unspecified atom stereocenters. The highest BCUT2D eigenvalue weighted by atomic mass is 16.1. The van der Waals surface area contributed by atoms with Crippen molar-refractivity contribution in [1.82, 2.24) is 20.8 Å². The van der Waals surface area contributed by atoms with Crippen LogP contribution in [0.25, 0.3) is 0 Å². The summed E-state index contributed by atoms with van der Waals surface area (Å²) in [5.41, 5.74) is 0.999. The molecule has 1 amide bonds. The number of nitrogens with one attached hydrogen (secondary N) is 3. The van der Waals surface area contributed by atoms with Gasteiger partial charge in [-0.1, -0.05) is 0 Å². The topological polar surface area (TPSA) is 69.8 Å². The van der Waals surface area contributed by atoms with E-state index in [1.165, 1.54) is 12.8 Å². The monoisotopic (exact) mass is 208 g/mol. The number of H-pyrrole nitrogens is 1. The number of aromatic nitrogens is 2. The summed E-state index contributed by atoms with van der Waals surface area (Å²) in [6.45, 7) is 1.33. The van der Waals surface area contributed by atoms with Gasteiger partial charge in [-0.3, -0.25) is 9.89 Å². The maximum Gasteiger partial charge on any atom is 0.221 e. The molecule has 5 heteroatoms. The van der Waals surface area contributed by atoms with Crippen molar-refractivity contribution in [2.24, 2.45) is 0 Å². The number of aromatic amines is 1. The molecule has 1 fully saturated rings. The third-order valence-electron chi connectivity index (χ3n) is 2.41. The quantitative estimate of drug-likeness (QED) is 0.624. The van der Waals surface area contributed by atoms with Gasteiger partial charge in [0.1, 0.15) is 0 Å². The Hall–Kier alpha value is -1.36. The van der Waals surface area contributed by atoms with Crippen LogP contribution in [0.15, 0.2) is 12.4 Å². The molecule has 0 saturated heterocycles. The lowest BCUT2D eigenvalue weighted by molar-refractivity contribution is -0.121. The van der Waals surface area contributed by atoms with Crippen LogP contribution in [-0.4, -0.2) is 28.7 Å². The van der Waals surface area contributed by atoms with E-state index >= 15 is 0 Å². The minimum atomic E-state index is 0.0874. The number of hydrogen-bond donors (Lipinski definition) is 3. The van der Waals surface area contributed by atoms with Crippen LogP contribution >= 0.6 is 0 Å². The zero-order valence-corrected chi connectivity index (χ0v) is 8.62. The molecule has 1 aromatic heterocycles. The molecule has 0 spiro atoms. The Labute approximate surface area is 88.6 Å². The highest BCUT2D eigenvalue weighted by molar-refractivity contribution is 5.76. The van der Waals surface area contributed by atoms with Crippen LogP contribution in [0, 0.1) is 0 Å². The lowest BCUT2D eigenvalue weighted by atomic mass is 10.3. The molecule has 1 aromatic rings. The van der Waals surface area contributed by atoms with Crippen molar-refractivity contribution in [3.63, 3.8) is 0 Å². The fraction of sp³-hybridized carbons (Fsp3) is 0.600. The average Bonchev–Trinajstić information content (AvgIpc) is 2.91. The third kappa shape index (κ3) is 3.71. The standard InChI is InChI=1S/C10H16N4O/c15-10(3-4-11-9-1-2-9)12-5-8-6-13-14-7-8/h6-7,9,11H,1-5H2,(H,12,15)(H,13,14). The van der Waals surface area contributed by atoms with Crippen molar-refractivity contribution in [3.8, 4) is 0 Å². The molecular formula is C10H16N4O. The highest BCUT2D eigenvalue weighted by Gasteiger charge is 2.19. The number of rotatable bonds is 6. The Bertz CT molecular complexity index is 305. The minimum Gasteiger partial charge on any atom is -0.352 e. The number of hydrogen-bond acceptors (Lipinski definition) is 3. The summed E-state index contributed by atoms with van der Waals surface area (Å²) in [5, 5.41) is 12.7. The van der Waals surface area contributed by atoms with E-state index in [0.717, 1.165) is 12.1 Å². The van der Waals surface area contributed by atoms with E-state index in [1.54, 1.807) is 12.4 Å². The largest absolute Gasteiger partial charge is 0.352 e. The molecule has 0 radical (unpaired) electrons. The smallest absolute Gasteiger partial charge is 0.221 e. The van der Waals surface area contributed by atoms with Gasteiger partial charge < -0.3 is 10.6 Å². The van der Waals surface area contributed by atoms with E-state index in [2.05, 4.69) is 20.8 Å². The van der Waals surface area contributed by atoms with Gasteiger partial charge in [0.05, 0.1) is 6.20 Å². The second-order valence-electron chi connectivity index (χ2n) is 3.86. The Morgan fingerprint density at radius 2 is 2.47 bits per heavy atom. The first-order chi connectivity index (χ1) is 7.34. The van der Waals surface area contributed by atoms with E-state index in [1.807, 2.05) is 0 Å². The van der Waals surface area contributed by atoms with Gasteiger partial charge in [-0.15, -0.1) is 0 Å². The molecule has 1 saturated carbocycles. The maximum absolute atomic E-state index is 11.4. The fourth-order valence-electron chi connectivity index (χ4n) is 1.34. The molecule has 0 aromatic carbocycles. The third-order valence-corrected chi connectivity index (χ3v) is 2.41. The normalized spacial score (nSPS) is 15.2. The van der Waals surface area contributed by atoms with Gasteiger partial charge in [0, 0.05) is 37.3 Å². The van der Waals surface area contributed by atoms with E-state index in [9.17, 15) is 4.79 Å². The molecule has 1 aliphatic rings. The number of carbonyl (C=O) groups excluding carboxylic acids is 1. The zero-order valence-electron chi connectivity index (χ0n) is 8.62. The van der Waals surface area contributed by atoms with E-state index in [4.69, 9.17) is 0 Å². The van der Waals surface area contributed by atoms with Crippen LogP contribution in [0.5, 0.6) is 0 Å². The molecule has 0 aliphatic heterocycles. The van der Waals surface area contributed by atoms with Crippen LogP contribution in [0.2, 0.25) is 0 Å². The van der Waals surface area contributed by atoms with E-state index < -0.39 is 0 Å². The predicted molar refractivity (Wildman–Crippen MR) is 56.1 cm³/mol. The van der Waals surface area contributed by atoms with E-state index in [0.29, 0.717) is 19.0 Å². The zero-order chi connectivity index (χ0) is 10.5. The summed E-state index contributed by atoms with van der Waals surface area (Å²) >= 11 is 0. The van der Waals surface area contributed by atoms with Crippen molar-refractivity contribution in [2.75, 3.05) is 6.54 Å². The van der Waals surface area contributed by atoms with Crippen LogP contribution < -0.4 is 10.6 Å². The molecule has 0 bridgehead atoms. The number of carbonyl (C=O) groups is 1. The second-order valence-corrected chi connectivity index (χ2v) is 3.86. The fourth-order valence-corrected chi connectivity index (χ4v) is 1.34. The van der Waals surface area contributed by atoms with Gasteiger partial charge in [0.25, 0.3) is 0 Å². The predicted octanol–water partition coefficient (Wildman–Crippen LogP) is 0.168. The average molecular weight is 208 g/mol. The molecule has 5 nitrogen and oxygen atoms in total. The van der Waals surface area contributed by atoms with Crippen LogP contribution in [0.1, 0.15) is 24.8 Å². The Morgan fingerprint density at radius 1 is 1.60 bits per heavy atom.